The quantitative estimate of drug-likeness (QED) is 0.192. The van der Waals surface area contributed by atoms with E-state index < -0.39 is 6.17 Å². The third kappa shape index (κ3) is 4.90. The monoisotopic (exact) mass is 732 g/mol. The smallest absolute Gasteiger partial charge is 0.159 e. The van der Waals surface area contributed by atoms with Crippen molar-refractivity contribution >= 4 is 77.4 Å². The Bertz CT molecular complexity index is 3390. The van der Waals surface area contributed by atoms with E-state index in [-0.39, 0.29) is 0 Å². The lowest BCUT2D eigenvalue weighted by Gasteiger charge is -2.23. The first-order valence-corrected chi connectivity index (χ1v) is 19.2. The number of aliphatic imine (C=N–C) groups is 2. The van der Waals surface area contributed by atoms with Crippen LogP contribution < -0.4 is 5.32 Å². The zero-order chi connectivity index (χ0) is 37.5. The summed E-state index contributed by atoms with van der Waals surface area (Å²) in [5, 5.41) is 10.3. The van der Waals surface area contributed by atoms with Gasteiger partial charge in [0.1, 0.15) is 22.6 Å². The summed E-state index contributed by atoms with van der Waals surface area (Å²) in [5.74, 6) is 1.44. The molecule has 1 aliphatic heterocycles. The second-order valence-corrected chi connectivity index (χ2v) is 14.5. The molecule has 0 spiro atoms. The first-order valence-electron chi connectivity index (χ1n) is 19.2. The zero-order valence-corrected chi connectivity index (χ0v) is 30.6. The van der Waals surface area contributed by atoms with Crippen LogP contribution in [0.4, 0.5) is 0 Å². The predicted octanol–water partition coefficient (Wildman–Crippen LogP) is 12.7. The van der Waals surface area contributed by atoms with Gasteiger partial charge in [0.15, 0.2) is 17.6 Å². The van der Waals surface area contributed by atoms with E-state index in [1.54, 1.807) is 0 Å². The van der Waals surface area contributed by atoms with Crippen molar-refractivity contribution in [3.8, 4) is 16.8 Å². The lowest BCUT2D eigenvalue weighted by Crippen LogP contribution is -2.33. The molecule has 0 bridgehead atoms. The fraction of sp³-hybridized carbons (Fsp3) is 0.0196. The Hall–Kier alpha value is -7.70. The fourth-order valence-electron chi connectivity index (χ4n) is 8.66. The molecule has 0 fully saturated rings. The van der Waals surface area contributed by atoms with Crippen molar-refractivity contribution in [2.75, 3.05) is 0 Å². The van der Waals surface area contributed by atoms with Gasteiger partial charge in [-0.05, 0) is 35.9 Å². The molecular weight excluding hydrogens is 701 g/mol. The van der Waals surface area contributed by atoms with Gasteiger partial charge in [0.2, 0.25) is 0 Å². The molecular formula is C51H32N4O2. The summed E-state index contributed by atoms with van der Waals surface area (Å²) < 4.78 is 16.1. The molecule has 0 saturated heterocycles. The molecule has 12 rings (SSSR count). The highest BCUT2D eigenvalue weighted by Crippen LogP contribution is 2.42. The lowest BCUT2D eigenvalue weighted by molar-refractivity contribution is 0.629. The Labute approximate surface area is 326 Å². The topological polar surface area (TPSA) is 68.0 Å². The van der Waals surface area contributed by atoms with E-state index in [1.807, 2.05) is 48.5 Å². The first kappa shape index (κ1) is 31.6. The predicted molar refractivity (Wildman–Crippen MR) is 233 cm³/mol. The highest BCUT2D eigenvalue weighted by atomic mass is 16.3. The van der Waals surface area contributed by atoms with Crippen molar-refractivity contribution in [3.05, 3.63) is 199 Å². The Kier molecular flexibility index (Phi) is 6.89. The minimum absolute atomic E-state index is 0.420. The number of nitrogens with zero attached hydrogens (tertiary/aromatic N) is 3. The van der Waals surface area contributed by atoms with E-state index in [1.165, 1.54) is 10.8 Å². The van der Waals surface area contributed by atoms with Crippen LogP contribution in [0.1, 0.15) is 22.9 Å². The van der Waals surface area contributed by atoms with Crippen molar-refractivity contribution in [2.45, 2.75) is 6.17 Å². The number of para-hydroxylation sites is 5. The van der Waals surface area contributed by atoms with Gasteiger partial charge >= 0.3 is 0 Å². The molecule has 3 aromatic heterocycles. The summed E-state index contributed by atoms with van der Waals surface area (Å²) in [6.45, 7) is 0. The van der Waals surface area contributed by atoms with Crippen molar-refractivity contribution in [1.29, 1.82) is 0 Å². The molecule has 0 saturated carbocycles. The number of hydrogen-bond donors (Lipinski definition) is 1. The maximum atomic E-state index is 6.94. The number of fused-ring (bicyclic) bond motifs is 9. The van der Waals surface area contributed by atoms with Crippen LogP contribution in [0.3, 0.4) is 0 Å². The molecule has 57 heavy (non-hydrogen) atoms. The summed E-state index contributed by atoms with van der Waals surface area (Å²) in [5.41, 5.74) is 11.5. The Morgan fingerprint density at radius 3 is 1.82 bits per heavy atom. The summed E-state index contributed by atoms with van der Waals surface area (Å²) in [4.78, 5) is 10.1. The van der Waals surface area contributed by atoms with Gasteiger partial charge in [-0.1, -0.05) is 152 Å². The standard InChI is InChI=1S/C51H32N4O2/c1-3-14-31(15-4-1)49-52-50(32-16-5-2-6-17-32)54-51(53-49)41-24-12-22-40-39-21-11-20-34(46(39)57-47(40)41)33-28-29-37-38-23-13-27-44(48(38)56-45(37)30-33)55-42-25-9-7-18-35(42)36-19-8-10-26-43(36)55/h1-30,51H,(H,52,53,54). The van der Waals surface area contributed by atoms with Crippen LogP contribution in [0.5, 0.6) is 0 Å². The molecule has 4 heterocycles. The summed E-state index contributed by atoms with van der Waals surface area (Å²) in [6.07, 6.45) is -0.420. The molecule has 6 nitrogen and oxygen atoms in total. The van der Waals surface area contributed by atoms with Crippen LogP contribution in [0.2, 0.25) is 0 Å². The van der Waals surface area contributed by atoms with Gasteiger partial charge in [0, 0.05) is 54.6 Å². The minimum atomic E-state index is -0.420. The SMILES string of the molecule is c1ccc(C2=NC(c3cccc4c3oc3c(-c5ccc6c(c5)oc5c(-n7c8ccccc8c8ccccc87)cccc56)cccc34)NC(c3ccccc3)=N2)cc1. The van der Waals surface area contributed by atoms with Crippen LogP contribution >= 0.6 is 0 Å². The number of aromatic nitrogens is 1. The first-order chi connectivity index (χ1) is 28.3. The Balaban J connectivity index is 0.995. The van der Waals surface area contributed by atoms with E-state index in [9.17, 15) is 0 Å². The van der Waals surface area contributed by atoms with Gasteiger partial charge < -0.3 is 18.7 Å². The molecule has 0 aliphatic carbocycles. The van der Waals surface area contributed by atoms with E-state index in [4.69, 9.17) is 18.8 Å². The maximum Gasteiger partial charge on any atom is 0.159 e. The second-order valence-electron chi connectivity index (χ2n) is 14.5. The average molecular weight is 733 g/mol. The lowest BCUT2D eigenvalue weighted by atomic mass is 10.00. The molecule has 1 aliphatic rings. The van der Waals surface area contributed by atoms with E-state index >= 15 is 0 Å². The molecule has 0 radical (unpaired) electrons. The summed E-state index contributed by atoms with van der Waals surface area (Å²) in [6, 6.07) is 63.1. The molecule has 1 atom stereocenters. The largest absolute Gasteiger partial charge is 0.455 e. The van der Waals surface area contributed by atoms with Crippen LogP contribution in [0.25, 0.3) is 82.5 Å². The molecule has 6 heteroatoms. The van der Waals surface area contributed by atoms with Gasteiger partial charge in [-0.15, -0.1) is 0 Å². The van der Waals surface area contributed by atoms with E-state index in [0.717, 1.165) is 94.3 Å². The third-order valence-electron chi connectivity index (χ3n) is 11.3. The molecule has 8 aromatic carbocycles. The van der Waals surface area contributed by atoms with Crippen LogP contribution in [-0.4, -0.2) is 16.2 Å². The molecule has 0 amide bonds. The van der Waals surface area contributed by atoms with Crippen molar-refractivity contribution in [1.82, 2.24) is 9.88 Å². The molecule has 1 N–H and O–H groups in total. The third-order valence-corrected chi connectivity index (χ3v) is 11.3. The number of hydrogen-bond acceptors (Lipinski definition) is 5. The minimum Gasteiger partial charge on any atom is -0.455 e. The summed E-state index contributed by atoms with van der Waals surface area (Å²) in [7, 11) is 0. The van der Waals surface area contributed by atoms with Crippen LogP contribution in [0.15, 0.2) is 201 Å². The highest BCUT2D eigenvalue weighted by Gasteiger charge is 2.25. The van der Waals surface area contributed by atoms with Gasteiger partial charge in [0.05, 0.1) is 16.7 Å². The van der Waals surface area contributed by atoms with Gasteiger partial charge in [-0.2, -0.15) is 0 Å². The Morgan fingerprint density at radius 2 is 1.07 bits per heavy atom. The average Bonchev–Trinajstić information content (AvgIpc) is 3.96. The molecule has 11 aromatic rings. The normalized spacial score (nSPS) is 14.5. The number of benzene rings is 8. The molecule has 268 valence electrons. The molecule has 1 unspecified atom stereocenters. The van der Waals surface area contributed by atoms with Crippen molar-refractivity contribution in [2.24, 2.45) is 9.98 Å². The van der Waals surface area contributed by atoms with Gasteiger partial charge in [0.25, 0.3) is 0 Å². The number of furan rings is 2. The van der Waals surface area contributed by atoms with E-state index in [0.29, 0.717) is 5.84 Å². The maximum absolute atomic E-state index is 6.94. The second kappa shape index (κ2) is 12.4. The number of rotatable bonds is 5. The zero-order valence-electron chi connectivity index (χ0n) is 30.6. The fourth-order valence-corrected chi connectivity index (χ4v) is 8.66. The van der Waals surface area contributed by atoms with E-state index in [2.05, 4.69) is 143 Å². The van der Waals surface area contributed by atoms with Crippen molar-refractivity contribution in [3.63, 3.8) is 0 Å². The van der Waals surface area contributed by atoms with Crippen LogP contribution in [-0.2, 0) is 0 Å². The number of amidine groups is 2. The van der Waals surface area contributed by atoms with Gasteiger partial charge in [-0.3, -0.25) is 0 Å². The van der Waals surface area contributed by atoms with Gasteiger partial charge in [-0.25, -0.2) is 9.98 Å². The van der Waals surface area contributed by atoms with Crippen LogP contribution in [0, 0.1) is 0 Å². The number of nitrogens with one attached hydrogen (secondary N) is 1. The summed E-state index contributed by atoms with van der Waals surface area (Å²) >= 11 is 0. The van der Waals surface area contributed by atoms with Crippen molar-refractivity contribution < 1.29 is 8.83 Å². The Morgan fingerprint density at radius 1 is 0.456 bits per heavy atom. The highest BCUT2D eigenvalue weighted by molar-refractivity contribution is 6.16.